The molecule has 2 rings (SSSR count). The number of benzene rings is 1. The first-order valence-corrected chi connectivity index (χ1v) is 7.45. The highest BCUT2D eigenvalue weighted by Gasteiger charge is 2.15. The van der Waals surface area contributed by atoms with Crippen molar-refractivity contribution in [3.05, 3.63) is 52.7 Å². The van der Waals surface area contributed by atoms with E-state index in [0.717, 1.165) is 4.88 Å². The van der Waals surface area contributed by atoms with Crippen molar-refractivity contribution >= 4 is 27.2 Å². The predicted octanol–water partition coefficient (Wildman–Crippen LogP) is 2.88. The first-order chi connectivity index (χ1) is 8.59. The summed E-state index contributed by atoms with van der Waals surface area (Å²) in [4.78, 5) is 0.964. The molecule has 0 amide bonds. The topological polar surface area (TPSA) is 55.7 Å². The molecule has 18 heavy (non-hydrogen) atoms. The van der Waals surface area contributed by atoms with Gasteiger partial charge in [-0.15, -0.1) is 11.3 Å². The predicted molar refractivity (Wildman–Crippen MR) is 71.2 cm³/mol. The van der Waals surface area contributed by atoms with E-state index in [0.29, 0.717) is 5.71 Å². The second-order valence-corrected chi connectivity index (χ2v) is 5.97. The molecule has 0 N–H and O–H groups in total. The summed E-state index contributed by atoms with van der Waals surface area (Å²) >= 11 is 1.47. The molecule has 1 aromatic carbocycles. The van der Waals surface area contributed by atoms with Gasteiger partial charge in [-0.25, -0.2) is 0 Å². The summed E-state index contributed by atoms with van der Waals surface area (Å²) in [5.41, 5.74) is 0.532. The second-order valence-electron chi connectivity index (χ2n) is 3.50. The molecule has 0 aliphatic heterocycles. The van der Waals surface area contributed by atoms with Crippen LogP contribution in [0.1, 0.15) is 11.8 Å². The van der Waals surface area contributed by atoms with E-state index in [4.69, 9.17) is 0 Å². The van der Waals surface area contributed by atoms with Crippen molar-refractivity contribution < 1.29 is 12.7 Å². The zero-order valence-electron chi connectivity index (χ0n) is 9.61. The van der Waals surface area contributed by atoms with Gasteiger partial charge >= 0.3 is 10.1 Å². The second kappa shape index (κ2) is 5.32. The maximum atomic E-state index is 11.8. The van der Waals surface area contributed by atoms with E-state index < -0.39 is 10.1 Å². The molecule has 6 heteroatoms. The lowest BCUT2D eigenvalue weighted by Crippen LogP contribution is -2.04. The molecule has 0 fully saturated rings. The van der Waals surface area contributed by atoms with Crippen LogP contribution in [-0.2, 0) is 14.4 Å². The Bertz CT molecular complexity index is 631. The normalized spacial score (nSPS) is 12.4. The van der Waals surface area contributed by atoms with Gasteiger partial charge in [0, 0.05) is 0 Å². The van der Waals surface area contributed by atoms with E-state index in [1.165, 1.54) is 23.5 Å². The van der Waals surface area contributed by atoms with Gasteiger partial charge in [-0.1, -0.05) is 29.4 Å². The molecule has 0 atom stereocenters. The minimum absolute atomic E-state index is 0.0905. The van der Waals surface area contributed by atoms with Gasteiger partial charge < -0.3 is 0 Å². The van der Waals surface area contributed by atoms with Crippen molar-refractivity contribution in [1.29, 1.82) is 0 Å². The molecule has 0 saturated heterocycles. The molecule has 0 saturated carbocycles. The van der Waals surface area contributed by atoms with E-state index in [1.807, 2.05) is 17.5 Å². The van der Waals surface area contributed by atoms with Crippen molar-refractivity contribution in [1.82, 2.24) is 0 Å². The fourth-order valence-corrected chi connectivity index (χ4v) is 2.72. The third-order valence-corrected chi connectivity index (χ3v) is 4.28. The molecule has 0 unspecified atom stereocenters. The summed E-state index contributed by atoms with van der Waals surface area (Å²) in [5.74, 6) is 0. The van der Waals surface area contributed by atoms with Crippen molar-refractivity contribution in [3.63, 3.8) is 0 Å². The van der Waals surface area contributed by atoms with Crippen LogP contribution in [-0.4, -0.2) is 14.1 Å². The zero-order chi connectivity index (χ0) is 13.0. The molecule has 1 heterocycles. The fourth-order valence-electron chi connectivity index (χ4n) is 1.26. The van der Waals surface area contributed by atoms with Gasteiger partial charge in [0.2, 0.25) is 0 Å². The Balaban J connectivity index is 2.18. The third-order valence-electron chi connectivity index (χ3n) is 2.18. The molecule has 0 radical (unpaired) electrons. The number of oxime groups is 1. The van der Waals surface area contributed by atoms with E-state index in [1.54, 1.807) is 25.1 Å². The van der Waals surface area contributed by atoms with Crippen LogP contribution in [0.3, 0.4) is 0 Å². The minimum atomic E-state index is -3.83. The number of nitrogens with zero attached hydrogens (tertiary/aromatic N) is 1. The summed E-state index contributed by atoms with van der Waals surface area (Å²) in [5, 5.41) is 5.54. The lowest BCUT2D eigenvalue weighted by Gasteiger charge is -2.01. The largest absolute Gasteiger partial charge is 0.358 e. The van der Waals surface area contributed by atoms with E-state index in [-0.39, 0.29) is 4.90 Å². The Labute approximate surface area is 110 Å². The Kier molecular flexibility index (Phi) is 3.78. The van der Waals surface area contributed by atoms with Crippen LogP contribution in [0.2, 0.25) is 0 Å². The number of hydrogen-bond acceptors (Lipinski definition) is 5. The first-order valence-electron chi connectivity index (χ1n) is 5.17. The molecule has 0 spiro atoms. The molecule has 0 bridgehead atoms. The SMILES string of the molecule is CC(=NOS(=O)(=O)c1ccccc1)c1cccs1. The van der Waals surface area contributed by atoms with Gasteiger partial charge in [0.05, 0.1) is 10.6 Å². The smallest absolute Gasteiger partial charge is 0.264 e. The van der Waals surface area contributed by atoms with Gasteiger partial charge in [-0.2, -0.15) is 8.42 Å². The maximum absolute atomic E-state index is 11.8. The summed E-state index contributed by atoms with van der Waals surface area (Å²) < 4.78 is 28.2. The number of hydrogen-bond donors (Lipinski definition) is 0. The monoisotopic (exact) mass is 281 g/mol. The Hall–Kier alpha value is -1.66. The standard InChI is InChI=1S/C12H11NO3S2/c1-10(12-8-5-9-17-12)13-16-18(14,15)11-6-3-2-4-7-11/h2-9H,1H3. The average Bonchev–Trinajstić information content (AvgIpc) is 2.91. The summed E-state index contributed by atoms with van der Waals surface area (Å²) in [6.45, 7) is 1.70. The molecule has 4 nitrogen and oxygen atoms in total. The fraction of sp³-hybridized carbons (Fsp3) is 0.0833. The highest BCUT2D eigenvalue weighted by molar-refractivity contribution is 7.86. The van der Waals surface area contributed by atoms with Gasteiger partial charge in [0.1, 0.15) is 4.90 Å². The Morgan fingerprint density at radius 1 is 1.17 bits per heavy atom. The summed E-state index contributed by atoms with van der Waals surface area (Å²) in [7, 11) is -3.83. The number of thiophene rings is 1. The number of rotatable bonds is 4. The van der Waals surface area contributed by atoms with Crippen LogP contribution in [0.4, 0.5) is 0 Å². The van der Waals surface area contributed by atoms with Gasteiger partial charge in [-0.05, 0) is 30.5 Å². The molecular weight excluding hydrogens is 270 g/mol. The van der Waals surface area contributed by atoms with Gasteiger partial charge in [-0.3, -0.25) is 4.28 Å². The Morgan fingerprint density at radius 3 is 2.50 bits per heavy atom. The highest BCUT2D eigenvalue weighted by Crippen LogP contribution is 2.14. The van der Waals surface area contributed by atoms with Crippen LogP contribution in [0.5, 0.6) is 0 Å². The lowest BCUT2D eigenvalue weighted by atomic mass is 10.3. The quantitative estimate of drug-likeness (QED) is 0.639. The minimum Gasteiger partial charge on any atom is -0.264 e. The Morgan fingerprint density at radius 2 is 1.89 bits per heavy atom. The van der Waals surface area contributed by atoms with Crippen LogP contribution in [0.25, 0.3) is 0 Å². The summed E-state index contributed by atoms with van der Waals surface area (Å²) in [6, 6.07) is 11.6. The van der Waals surface area contributed by atoms with E-state index >= 15 is 0 Å². The molecular formula is C12H11NO3S2. The third kappa shape index (κ3) is 2.96. The molecule has 0 aliphatic carbocycles. The van der Waals surface area contributed by atoms with Crippen LogP contribution in [0.15, 0.2) is 57.9 Å². The average molecular weight is 281 g/mol. The van der Waals surface area contributed by atoms with Crippen molar-refractivity contribution in [3.8, 4) is 0 Å². The molecule has 94 valence electrons. The highest BCUT2D eigenvalue weighted by atomic mass is 32.2. The lowest BCUT2D eigenvalue weighted by molar-refractivity contribution is 0.339. The first kappa shape index (κ1) is 12.8. The molecule has 0 aliphatic rings. The van der Waals surface area contributed by atoms with E-state index in [9.17, 15) is 8.42 Å². The van der Waals surface area contributed by atoms with Crippen molar-refractivity contribution in [2.75, 3.05) is 0 Å². The molecule has 2 aromatic rings. The maximum Gasteiger partial charge on any atom is 0.358 e. The van der Waals surface area contributed by atoms with Crippen LogP contribution >= 0.6 is 11.3 Å². The molecule has 1 aromatic heterocycles. The van der Waals surface area contributed by atoms with Crippen molar-refractivity contribution in [2.24, 2.45) is 5.16 Å². The zero-order valence-corrected chi connectivity index (χ0v) is 11.2. The van der Waals surface area contributed by atoms with Gasteiger partial charge in [0.15, 0.2) is 0 Å². The van der Waals surface area contributed by atoms with Crippen LogP contribution in [0, 0.1) is 0 Å². The van der Waals surface area contributed by atoms with E-state index in [2.05, 4.69) is 9.44 Å². The van der Waals surface area contributed by atoms with Crippen molar-refractivity contribution in [2.45, 2.75) is 11.8 Å². The van der Waals surface area contributed by atoms with Gasteiger partial charge in [0.25, 0.3) is 0 Å². The van der Waals surface area contributed by atoms with Crippen LogP contribution < -0.4 is 0 Å². The summed E-state index contributed by atoms with van der Waals surface area (Å²) in [6.07, 6.45) is 0.